The molecule has 0 bridgehead atoms. The van der Waals surface area contributed by atoms with Crippen LogP contribution in [0.1, 0.15) is 31.4 Å². The molecule has 2 saturated heterocycles. The van der Waals surface area contributed by atoms with Gasteiger partial charge in [-0.15, -0.1) is 6.58 Å². The van der Waals surface area contributed by atoms with Gasteiger partial charge in [-0.05, 0) is 38.3 Å². The number of carbonyl (C=O) groups excluding carboxylic acids is 1. The first-order valence-electron chi connectivity index (χ1n) is 9.33. The zero-order valence-corrected chi connectivity index (χ0v) is 17.0. The number of aromatic nitrogens is 1. The van der Waals surface area contributed by atoms with Crippen molar-refractivity contribution in [1.82, 2.24) is 9.29 Å². The molecule has 0 saturated carbocycles. The molecule has 0 amide bonds. The molecular formula is C19H26N2O6S. The number of hydrogen-bond donors (Lipinski definition) is 0. The van der Waals surface area contributed by atoms with Gasteiger partial charge in [0.25, 0.3) is 0 Å². The number of nitrogens with zero attached hydrogens (tertiary/aromatic N) is 2. The van der Waals surface area contributed by atoms with Crippen LogP contribution in [0.5, 0.6) is 5.88 Å². The molecule has 0 aliphatic carbocycles. The third-order valence-corrected chi connectivity index (χ3v) is 6.90. The maximum atomic E-state index is 13.3. The maximum absolute atomic E-state index is 13.3. The van der Waals surface area contributed by atoms with Gasteiger partial charge in [0.05, 0.1) is 19.8 Å². The summed E-state index contributed by atoms with van der Waals surface area (Å²) in [5, 5.41) is 0. The summed E-state index contributed by atoms with van der Waals surface area (Å²) < 4.78 is 44.1. The first-order chi connectivity index (χ1) is 13.4. The standard InChI is InChI=1S/C19H26N2O6S/c1-4-6-14-11-15(12-26-14)27-18-17(9-8-13(2)20-18)28(23,24)21-10-5-7-16(21)19(22)25-3/h4,8-9,14-16H,1,5-7,10-12H2,2-3H3/t14-,15+,16-/m0/s1. The van der Waals surface area contributed by atoms with Crippen molar-refractivity contribution in [3.63, 3.8) is 0 Å². The highest BCUT2D eigenvalue weighted by Gasteiger charge is 2.42. The second kappa shape index (κ2) is 8.59. The molecule has 0 aromatic carbocycles. The van der Waals surface area contributed by atoms with Gasteiger partial charge in [-0.1, -0.05) is 6.08 Å². The molecule has 3 heterocycles. The lowest BCUT2D eigenvalue weighted by molar-refractivity contribution is -0.144. The van der Waals surface area contributed by atoms with Crippen LogP contribution in [0, 0.1) is 6.92 Å². The van der Waals surface area contributed by atoms with Crippen molar-refractivity contribution in [3.05, 3.63) is 30.5 Å². The number of rotatable bonds is 7. The number of carbonyl (C=O) groups is 1. The third-order valence-electron chi connectivity index (χ3n) is 4.98. The molecule has 3 rings (SSSR count). The van der Waals surface area contributed by atoms with Gasteiger partial charge in [-0.25, -0.2) is 13.4 Å². The molecule has 28 heavy (non-hydrogen) atoms. The molecule has 2 aliphatic rings. The summed E-state index contributed by atoms with van der Waals surface area (Å²) >= 11 is 0. The van der Waals surface area contributed by atoms with Gasteiger partial charge in [0.1, 0.15) is 17.0 Å². The predicted molar refractivity (Wildman–Crippen MR) is 101 cm³/mol. The van der Waals surface area contributed by atoms with E-state index in [9.17, 15) is 13.2 Å². The minimum absolute atomic E-state index is 0.00894. The summed E-state index contributed by atoms with van der Waals surface area (Å²) in [6.07, 6.45) is 3.87. The zero-order valence-electron chi connectivity index (χ0n) is 16.2. The van der Waals surface area contributed by atoms with E-state index in [1.807, 2.05) is 0 Å². The molecule has 9 heteroatoms. The Labute approximate surface area is 165 Å². The molecule has 0 N–H and O–H groups in total. The number of hydrogen-bond acceptors (Lipinski definition) is 7. The van der Waals surface area contributed by atoms with Crippen LogP contribution in [-0.2, 0) is 24.3 Å². The summed E-state index contributed by atoms with van der Waals surface area (Å²) in [5.74, 6) is -0.511. The minimum Gasteiger partial charge on any atom is -0.471 e. The van der Waals surface area contributed by atoms with E-state index in [0.717, 1.165) is 0 Å². The summed E-state index contributed by atoms with van der Waals surface area (Å²) in [5.41, 5.74) is 0.640. The Balaban J connectivity index is 1.87. The fraction of sp³-hybridized carbons (Fsp3) is 0.579. The molecule has 0 spiro atoms. The Bertz CT molecular complexity index is 841. The van der Waals surface area contributed by atoms with Crippen molar-refractivity contribution in [2.45, 2.75) is 55.8 Å². The quantitative estimate of drug-likeness (QED) is 0.500. The SMILES string of the molecule is C=CC[C@H]1C[C@@H](Oc2nc(C)ccc2S(=O)(=O)N2CCC[C@H]2C(=O)OC)CO1. The van der Waals surface area contributed by atoms with Crippen molar-refractivity contribution in [2.24, 2.45) is 0 Å². The minimum atomic E-state index is -3.97. The number of methoxy groups -OCH3 is 1. The maximum Gasteiger partial charge on any atom is 0.324 e. The van der Waals surface area contributed by atoms with Gasteiger partial charge in [0, 0.05) is 18.7 Å². The van der Waals surface area contributed by atoms with Gasteiger partial charge in [-0.3, -0.25) is 4.79 Å². The fourth-order valence-electron chi connectivity index (χ4n) is 3.59. The van der Waals surface area contributed by atoms with Crippen LogP contribution in [0.2, 0.25) is 0 Å². The average molecular weight is 410 g/mol. The topological polar surface area (TPSA) is 95.0 Å². The molecule has 154 valence electrons. The molecule has 8 nitrogen and oxygen atoms in total. The highest BCUT2D eigenvalue weighted by Crippen LogP contribution is 2.32. The Morgan fingerprint density at radius 1 is 1.46 bits per heavy atom. The van der Waals surface area contributed by atoms with Crippen LogP contribution in [0.25, 0.3) is 0 Å². The number of aryl methyl sites for hydroxylation is 1. The summed E-state index contributed by atoms with van der Waals surface area (Å²) in [7, 11) is -2.71. The Kier molecular flexibility index (Phi) is 6.36. The van der Waals surface area contributed by atoms with Crippen LogP contribution in [0.4, 0.5) is 0 Å². The second-order valence-electron chi connectivity index (χ2n) is 7.01. The Morgan fingerprint density at radius 2 is 2.25 bits per heavy atom. The lowest BCUT2D eigenvalue weighted by Gasteiger charge is -2.23. The predicted octanol–water partition coefficient (Wildman–Crippen LogP) is 1.83. The van der Waals surface area contributed by atoms with E-state index in [1.54, 1.807) is 19.1 Å². The third kappa shape index (κ3) is 4.21. The first kappa shape index (κ1) is 20.8. The molecular weight excluding hydrogens is 384 g/mol. The first-order valence-corrected chi connectivity index (χ1v) is 10.8. The van der Waals surface area contributed by atoms with Crippen LogP contribution in [-0.4, -0.2) is 62.2 Å². The Hall–Kier alpha value is -1.97. The lowest BCUT2D eigenvalue weighted by Crippen LogP contribution is -2.41. The second-order valence-corrected chi connectivity index (χ2v) is 8.87. The van der Waals surface area contributed by atoms with Crippen molar-refractivity contribution in [3.8, 4) is 5.88 Å². The van der Waals surface area contributed by atoms with Gasteiger partial charge in [-0.2, -0.15) is 4.31 Å². The monoisotopic (exact) mass is 410 g/mol. The van der Waals surface area contributed by atoms with Crippen LogP contribution in [0.3, 0.4) is 0 Å². The van der Waals surface area contributed by atoms with Gasteiger partial charge in [0.15, 0.2) is 0 Å². The van der Waals surface area contributed by atoms with E-state index in [4.69, 9.17) is 14.2 Å². The molecule has 1 aromatic heterocycles. The average Bonchev–Trinajstić information content (AvgIpc) is 3.31. The number of pyridine rings is 1. The summed E-state index contributed by atoms with van der Waals surface area (Å²) in [6.45, 7) is 6.09. The van der Waals surface area contributed by atoms with E-state index in [-0.39, 0.29) is 29.5 Å². The van der Waals surface area contributed by atoms with E-state index in [0.29, 0.717) is 38.0 Å². The summed E-state index contributed by atoms with van der Waals surface area (Å²) in [4.78, 5) is 16.3. The van der Waals surface area contributed by atoms with E-state index in [1.165, 1.54) is 17.5 Å². The number of sulfonamides is 1. The van der Waals surface area contributed by atoms with Crippen LogP contribution in [0.15, 0.2) is 29.7 Å². The Morgan fingerprint density at radius 3 is 2.96 bits per heavy atom. The highest BCUT2D eigenvalue weighted by atomic mass is 32.2. The van der Waals surface area contributed by atoms with Gasteiger partial charge >= 0.3 is 5.97 Å². The van der Waals surface area contributed by atoms with Gasteiger partial charge in [0.2, 0.25) is 15.9 Å². The smallest absolute Gasteiger partial charge is 0.324 e. The lowest BCUT2D eigenvalue weighted by atomic mass is 10.1. The van der Waals surface area contributed by atoms with E-state index >= 15 is 0 Å². The summed E-state index contributed by atoms with van der Waals surface area (Å²) in [6, 6.07) is 2.28. The normalized spacial score (nSPS) is 25.6. The van der Waals surface area contributed by atoms with Crippen LogP contribution >= 0.6 is 0 Å². The van der Waals surface area contributed by atoms with Crippen molar-refractivity contribution in [1.29, 1.82) is 0 Å². The van der Waals surface area contributed by atoms with Crippen LogP contribution < -0.4 is 4.74 Å². The number of ether oxygens (including phenoxy) is 3. The fourth-order valence-corrected chi connectivity index (χ4v) is 5.29. The molecule has 0 unspecified atom stereocenters. The van der Waals surface area contributed by atoms with Crippen molar-refractivity contribution >= 4 is 16.0 Å². The number of esters is 1. The van der Waals surface area contributed by atoms with Crippen molar-refractivity contribution in [2.75, 3.05) is 20.3 Å². The molecule has 1 aromatic rings. The van der Waals surface area contributed by atoms with E-state index < -0.39 is 22.0 Å². The highest BCUT2D eigenvalue weighted by molar-refractivity contribution is 7.89. The van der Waals surface area contributed by atoms with E-state index in [2.05, 4.69) is 11.6 Å². The van der Waals surface area contributed by atoms with Crippen molar-refractivity contribution < 1.29 is 27.4 Å². The van der Waals surface area contributed by atoms with Gasteiger partial charge < -0.3 is 14.2 Å². The molecule has 0 radical (unpaired) electrons. The molecule has 2 fully saturated rings. The zero-order chi connectivity index (χ0) is 20.3. The molecule has 2 aliphatic heterocycles. The largest absolute Gasteiger partial charge is 0.471 e. The molecule has 3 atom stereocenters.